The van der Waals surface area contributed by atoms with Crippen molar-refractivity contribution in [3.05, 3.63) is 34.9 Å². The van der Waals surface area contributed by atoms with Crippen molar-refractivity contribution >= 4 is 47.6 Å². The van der Waals surface area contributed by atoms with Crippen LogP contribution in [0.1, 0.15) is 30.7 Å². The molecular weight excluding hydrogens is 467 g/mol. The topological polar surface area (TPSA) is 66.0 Å². The lowest BCUT2D eigenvalue weighted by Gasteiger charge is -2.32. The molecule has 2 unspecified atom stereocenters. The van der Waals surface area contributed by atoms with Crippen molar-refractivity contribution in [2.45, 2.75) is 37.3 Å². The number of carbonyl (C=O) groups excluding carboxylic acids is 1. The highest BCUT2D eigenvalue weighted by Gasteiger charge is 2.39. The number of amides is 1. The highest BCUT2D eigenvalue weighted by molar-refractivity contribution is 14.0. The minimum atomic E-state index is -0.247. The lowest BCUT2D eigenvalue weighted by molar-refractivity contribution is 0.111. The van der Waals surface area contributed by atoms with Crippen LogP contribution in [0.25, 0.3) is 0 Å². The average Bonchev–Trinajstić information content (AvgIpc) is 3.40. The van der Waals surface area contributed by atoms with Crippen molar-refractivity contribution in [2.24, 2.45) is 4.99 Å². The van der Waals surface area contributed by atoms with Gasteiger partial charge in [-0.05, 0) is 37.0 Å². The Kier molecular flexibility index (Phi) is 7.82. The zero-order chi connectivity index (χ0) is 17.8. The number of aliphatic imine (C=N–C) groups is 1. The molecule has 2 aliphatic rings. The third kappa shape index (κ3) is 5.39. The number of nitrogens with one attached hydrogen (secondary N) is 2. The van der Waals surface area contributed by atoms with Gasteiger partial charge in [-0.1, -0.05) is 23.7 Å². The summed E-state index contributed by atoms with van der Waals surface area (Å²) in [6, 6.07) is 8.76. The number of nitrogens with zero attached hydrogens (tertiary/aromatic N) is 2. The molecule has 1 aromatic carbocycles. The Morgan fingerprint density at radius 2 is 2.04 bits per heavy atom. The van der Waals surface area contributed by atoms with Crippen molar-refractivity contribution in [2.75, 3.05) is 27.2 Å². The standard InChI is InChI=1S/C18H25ClN4O2.HI/c1-20-17(21-14-6-8-23(9-7-14)18(24)25-2)22-16-11-15(16)12-4-3-5-13(19)10-12;/h3-5,10,14-16H,6-9,11H2,1-2H3,(H2,20,21,22);1H. The van der Waals surface area contributed by atoms with Gasteiger partial charge in [0.15, 0.2) is 5.96 Å². The van der Waals surface area contributed by atoms with Crippen molar-refractivity contribution in [1.82, 2.24) is 15.5 Å². The first kappa shape index (κ1) is 21.1. The van der Waals surface area contributed by atoms with E-state index >= 15 is 0 Å². The average molecular weight is 493 g/mol. The molecule has 6 nitrogen and oxygen atoms in total. The first-order chi connectivity index (χ1) is 12.1. The molecule has 2 N–H and O–H groups in total. The quantitative estimate of drug-likeness (QED) is 0.386. The number of hydrogen-bond donors (Lipinski definition) is 2. The molecule has 1 heterocycles. The summed E-state index contributed by atoms with van der Waals surface area (Å²) >= 11 is 6.08. The number of rotatable bonds is 3. The molecule has 3 rings (SSSR count). The molecule has 1 aromatic rings. The van der Waals surface area contributed by atoms with Crippen LogP contribution in [-0.4, -0.2) is 56.3 Å². The van der Waals surface area contributed by atoms with Gasteiger partial charge in [0.2, 0.25) is 0 Å². The fraction of sp³-hybridized carbons (Fsp3) is 0.556. The normalized spacial score (nSPS) is 23.0. The minimum Gasteiger partial charge on any atom is -0.453 e. The Hall–Kier alpha value is -1.22. The molecule has 8 heteroatoms. The molecule has 1 amide bonds. The van der Waals surface area contributed by atoms with Crippen molar-refractivity contribution < 1.29 is 9.53 Å². The molecule has 2 atom stereocenters. The van der Waals surface area contributed by atoms with Crippen LogP contribution >= 0.6 is 35.6 Å². The molecule has 1 saturated carbocycles. The van der Waals surface area contributed by atoms with Gasteiger partial charge in [-0.15, -0.1) is 24.0 Å². The van der Waals surface area contributed by atoms with Crippen LogP contribution < -0.4 is 10.6 Å². The number of ether oxygens (including phenoxy) is 1. The second-order valence-corrected chi connectivity index (χ2v) is 7.03. The fourth-order valence-corrected chi connectivity index (χ4v) is 3.53. The van der Waals surface area contributed by atoms with E-state index in [-0.39, 0.29) is 30.1 Å². The molecule has 1 saturated heterocycles. The highest BCUT2D eigenvalue weighted by Crippen LogP contribution is 2.41. The predicted molar refractivity (Wildman–Crippen MR) is 115 cm³/mol. The van der Waals surface area contributed by atoms with E-state index in [1.165, 1.54) is 12.7 Å². The lowest BCUT2D eigenvalue weighted by atomic mass is 10.1. The Labute approximate surface area is 176 Å². The van der Waals surface area contributed by atoms with Gasteiger partial charge in [0.05, 0.1) is 7.11 Å². The second kappa shape index (κ2) is 9.64. The third-order valence-electron chi connectivity index (χ3n) is 4.88. The third-order valence-corrected chi connectivity index (χ3v) is 5.12. The zero-order valence-electron chi connectivity index (χ0n) is 15.1. The minimum absolute atomic E-state index is 0. The van der Waals surface area contributed by atoms with Gasteiger partial charge in [0.25, 0.3) is 0 Å². The highest BCUT2D eigenvalue weighted by atomic mass is 127. The molecule has 0 bridgehead atoms. The maximum absolute atomic E-state index is 11.5. The summed E-state index contributed by atoms with van der Waals surface area (Å²) in [7, 11) is 3.21. The second-order valence-electron chi connectivity index (χ2n) is 6.60. The maximum atomic E-state index is 11.5. The van der Waals surface area contributed by atoms with E-state index < -0.39 is 0 Å². The molecule has 0 aromatic heterocycles. The van der Waals surface area contributed by atoms with Crippen LogP contribution in [0.4, 0.5) is 4.79 Å². The first-order valence-electron chi connectivity index (χ1n) is 8.69. The van der Waals surface area contributed by atoms with E-state index in [1.54, 1.807) is 11.9 Å². The molecular formula is C18H26ClIN4O2. The SMILES string of the molecule is CN=C(NC1CCN(C(=O)OC)CC1)NC1CC1c1cccc(Cl)c1.I. The zero-order valence-corrected chi connectivity index (χ0v) is 18.2. The number of benzene rings is 1. The van der Waals surface area contributed by atoms with Gasteiger partial charge in [-0.3, -0.25) is 4.99 Å². The molecule has 26 heavy (non-hydrogen) atoms. The van der Waals surface area contributed by atoms with Crippen molar-refractivity contribution in [1.29, 1.82) is 0 Å². The molecule has 2 fully saturated rings. The molecule has 1 aliphatic heterocycles. The molecule has 1 aliphatic carbocycles. The fourth-order valence-electron chi connectivity index (χ4n) is 3.34. The van der Waals surface area contributed by atoms with Crippen LogP contribution in [0.15, 0.2) is 29.3 Å². The van der Waals surface area contributed by atoms with Gasteiger partial charge in [0.1, 0.15) is 0 Å². The Bertz CT molecular complexity index is 650. The maximum Gasteiger partial charge on any atom is 0.409 e. The van der Waals surface area contributed by atoms with E-state index in [1.807, 2.05) is 18.2 Å². The molecule has 0 radical (unpaired) electrons. The monoisotopic (exact) mass is 492 g/mol. The summed E-state index contributed by atoms with van der Waals surface area (Å²) < 4.78 is 4.77. The van der Waals surface area contributed by atoms with E-state index in [4.69, 9.17) is 16.3 Å². The summed E-state index contributed by atoms with van der Waals surface area (Å²) in [5, 5.41) is 7.74. The van der Waals surface area contributed by atoms with Gasteiger partial charge in [0, 0.05) is 43.2 Å². The van der Waals surface area contributed by atoms with Crippen molar-refractivity contribution in [3.8, 4) is 0 Å². The van der Waals surface area contributed by atoms with E-state index in [0.717, 1.165) is 30.2 Å². The first-order valence-corrected chi connectivity index (χ1v) is 9.06. The number of likely N-dealkylation sites (tertiary alicyclic amines) is 1. The summed E-state index contributed by atoms with van der Waals surface area (Å²) in [6.07, 6.45) is 2.61. The van der Waals surface area contributed by atoms with Crippen molar-refractivity contribution in [3.63, 3.8) is 0 Å². The van der Waals surface area contributed by atoms with E-state index in [0.29, 0.717) is 31.1 Å². The number of carbonyl (C=O) groups is 1. The predicted octanol–water partition coefficient (Wildman–Crippen LogP) is 3.21. The van der Waals surface area contributed by atoms with Crippen LogP contribution in [0.3, 0.4) is 0 Å². The van der Waals surface area contributed by atoms with Crippen LogP contribution in [0.5, 0.6) is 0 Å². The van der Waals surface area contributed by atoms with Crippen LogP contribution in [-0.2, 0) is 4.74 Å². The van der Waals surface area contributed by atoms with Crippen LogP contribution in [0.2, 0.25) is 5.02 Å². The van der Waals surface area contributed by atoms with Gasteiger partial charge < -0.3 is 20.3 Å². The Balaban J connectivity index is 0.00000243. The number of hydrogen-bond acceptors (Lipinski definition) is 3. The molecule has 0 spiro atoms. The summed E-state index contributed by atoms with van der Waals surface area (Å²) in [6.45, 7) is 1.41. The summed E-state index contributed by atoms with van der Waals surface area (Å²) in [5.41, 5.74) is 1.27. The summed E-state index contributed by atoms with van der Waals surface area (Å²) in [4.78, 5) is 17.6. The lowest BCUT2D eigenvalue weighted by Crippen LogP contribution is -2.50. The molecule has 144 valence electrons. The Morgan fingerprint density at radius 1 is 1.31 bits per heavy atom. The Morgan fingerprint density at radius 3 is 2.65 bits per heavy atom. The number of piperidine rings is 1. The number of methoxy groups -OCH3 is 1. The van der Waals surface area contributed by atoms with Crippen LogP contribution in [0, 0.1) is 0 Å². The largest absolute Gasteiger partial charge is 0.453 e. The summed E-state index contributed by atoms with van der Waals surface area (Å²) in [5.74, 6) is 1.31. The number of halogens is 2. The number of guanidine groups is 1. The van der Waals surface area contributed by atoms with Gasteiger partial charge in [-0.2, -0.15) is 0 Å². The smallest absolute Gasteiger partial charge is 0.409 e. The van der Waals surface area contributed by atoms with Gasteiger partial charge in [-0.25, -0.2) is 4.79 Å². The van der Waals surface area contributed by atoms with E-state index in [2.05, 4.69) is 21.7 Å². The van der Waals surface area contributed by atoms with Gasteiger partial charge >= 0.3 is 6.09 Å². The van der Waals surface area contributed by atoms with E-state index in [9.17, 15) is 4.79 Å².